The molecule has 1 heterocycles. The largest absolute Gasteiger partial charge is 0.493 e. The van der Waals surface area contributed by atoms with Crippen LogP contribution in [0.4, 0.5) is 8.78 Å². The van der Waals surface area contributed by atoms with Crippen LogP contribution in [0.1, 0.15) is 29.6 Å². The lowest BCUT2D eigenvalue weighted by Gasteiger charge is -2.48. The molecule has 0 aromatic heterocycles. The molecule has 1 aliphatic carbocycles. The van der Waals surface area contributed by atoms with Gasteiger partial charge in [-0.2, -0.15) is 8.78 Å². The Morgan fingerprint density at radius 1 is 1.39 bits per heavy atom. The monoisotopic (exact) mass is 327 g/mol. The minimum Gasteiger partial charge on any atom is -0.493 e. The van der Waals surface area contributed by atoms with Crippen LogP contribution in [0, 0.1) is 0 Å². The number of hydrogen-bond donors (Lipinski definition) is 0. The third kappa shape index (κ3) is 3.10. The summed E-state index contributed by atoms with van der Waals surface area (Å²) >= 11 is 0. The van der Waals surface area contributed by atoms with Gasteiger partial charge in [0.15, 0.2) is 11.5 Å². The topological polar surface area (TPSA) is 48.0 Å². The molecule has 3 rings (SSSR count). The van der Waals surface area contributed by atoms with E-state index in [1.54, 1.807) is 11.0 Å². The first-order chi connectivity index (χ1) is 11.0. The fraction of sp³-hybridized carbons (Fsp3) is 0.562. The summed E-state index contributed by atoms with van der Waals surface area (Å²) in [6, 6.07) is 4.55. The average Bonchev–Trinajstić information content (AvgIpc) is 2.52. The number of carbonyl (C=O) groups excluding carboxylic acids is 1. The van der Waals surface area contributed by atoms with E-state index in [4.69, 9.17) is 9.47 Å². The van der Waals surface area contributed by atoms with Crippen LogP contribution in [0.25, 0.3) is 0 Å². The van der Waals surface area contributed by atoms with Gasteiger partial charge in [-0.05, 0) is 31.4 Å². The van der Waals surface area contributed by atoms with Crippen LogP contribution in [0.5, 0.6) is 11.5 Å². The van der Waals surface area contributed by atoms with Crippen LogP contribution >= 0.6 is 0 Å². The van der Waals surface area contributed by atoms with Crippen LogP contribution in [0.2, 0.25) is 0 Å². The van der Waals surface area contributed by atoms with E-state index in [9.17, 15) is 13.6 Å². The predicted octanol–water partition coefficient (Wildman–Crippen LogP) is 2.69. The number of rotatable bonds is 4. The van der Waals surface area contributed by atoms with E-state index in [0.717, 1.165) is 19.3 Å². The predicted molar refractivity (Wildman–Crippen MR) is 78.1 cm³/mol. The molecule has 0 bridgehead atoms. The summed E-state index contributed by atoms with van der Waals surface area (Å²) in [6.45, 7) is -1.65. The lowest BCUT2D eigenvalue weighted by atomic mass is 9.79. The van der Waals surface area contributed by atoms with Crippen molar-refractivity contribution in [1.29, 1.82) is 0 Å². The maximum absolute atomic E-state index is 12.8. The minimum absolute atomic E-state index is 0.0843. The van der Waals surface area contributed by atoms with E-state index in [2.05, 4.69) is 4.74 Å². The van der Waals surface area contributed by atoms with E-state index in [1.807, 2.05) is 0 Å². The molecule has 1 aliphatic heterocycles. The molecule has 23 heavy (non-hydrogen) atoms. The molecular formula is C16H19F2NO4. The van der Waals surface area contributed by atoms with Crippen molar-refractivity contribution in [3.63, 3.8) is 0 Å². The molecule has 0 unspecified atom stereocenters. The molecule has 1 amide bonds. The maximum Gasteiger partial charge on any atom is 0.387 e. The molecule has 0 radical (unpaired) electrons. The van der Waals surface area contributed by atoms with Crippen molar-refractivity contribution in [3.8, 4) is 11.5 Å². The lowest BCUT2D eigenvalue weighted by Crippen LogP contribution is -2.57. The fourth-order valence-electron chi connectivity index (χ4n) is 3.12. The van der Waals surface area contributed by atoms with E-state index in [0.29, 0.717) is 19.7 Å². The highest BCUT2D eigenvalue weighted by molar-refractivity contribution is 5.98. The fourth-order valence-corrected chi connectivity index (χ4v) is 3.12. The van der Waals surface area contributed by atoms with Crippen molar-refractivity contribution in [2.45, 2.75) is 31.5 Å². The number of nitrogens with zero attached hydrogens (tertiary/aromatic N) is 1. The van der Waals surface area contributed by atoms with Gasteiger partial charge in [-0.25, -0.2) is 0 Å². The van der Waals surface area contributed by atoms with Crippen molar-refractivity contribution >= 4 is 5.91 Å². The Labute approximate surface area is 133 Å². The molecule has 1 aromatic rings. The lowest BCUT2D eigenvalue weighted by molar-refractivity contribution is -0.142. The second-order valence-corrected chi connectivity index (χ2v) is 5.83. The number of alkyl halides is 2. The first-order valence-corrected chi connectivity index (χ1v) is 7.60. The molecule has 7 heteroatoms. The van der Waals surface area contributed by atoms with Crippen LogP contribution in [0.3, 0.4) is 0 Å². The first kappa shape index (κ1) is 16.0. The Bertz CT molecular complexity index is 589. The van der Waals surface area contributed by atoms with Crippen LogP contribution in [-0.2, 0) is 4.74 Å². The number of carbonyl (C=O) groups is 1. The summed E-state index contributed by atoms with van der Waals surface area (Å²) in [7, 11) is 1.35. The third-order valence-corrected chi connectivity index (χ3v) is 4.44. The molecule has 2 aliphatic rings. The van der Waals surface area contributed by atoms with Crippen molar-refractivity contribution in [1.82, 2.24) is 4.90 Å². The van der Waals surface area contributed by atoms with Gasteiger partial charge in [0.05, 0.1) is 31.4 Å². The SMILES string of the molecule is COc1cccc(C(=O)N2CCOC3(CCC3)C2)c1OC(F)F. The number of amides is 1. The molecule has 0 atom stereocenters. The molecule has 1 saturated heterocycles. The van der Waals surface area contributed by atoms with Gasteiger partial charge in [0.25, 0.3) is 5.91 Å². The Balaban J connectivity index is 1.86. The molecule has 5 nitrogen and oxygen atoms in total. The van der Waals surface area contributed by atoms with Gasteiger partial charge in [-0.3, -0.25) is 4.79 Å². The van der Waals surface area contributed by atoms with Crippen molar-refractivity contribution in [2.24, 2.45) is 0 Å². The Morgan fingerprint density at radius 3 is 2.78 bits per heavy atom. The summed E-state index contributed by atoms with van der Waals surface area (Å²) < 4.78 is 40.7. The summed E-state index contributed by atoms with van der Waals surface area (Å²) in [5.74, 6) is -0.443. The zero-order chi connectivity index (χ0) is 16.4. The number of hydrogen-bond acceptors (Lipinski definition) is 4. The second kappa shape index (κ2) is 6.31. The molecule has 1 saturated carbocycles. The number of ether oxygens (including phenoxy) is 3. The normalized spacial score (nSPS) is 19.6. The van der Waals surface area contributed by atoms with Gasteiger partial charge in [0.2, 0.25) is 0 Å². The van der Waals surface area contributed by atoms with Gasteiger partial charge in [0, 0.05) is 6.54 Å². The highest BCUT2D eigenvalue weighted by Crippen LogP contribution is 2.39. The maximum atomic E-state index is 12.8. The third-order valence-electron chi connectivity index (χ3n) is 4.44. The smallest absolute Gasteiger partial charge is 0.387 e. The first-order valence-electron chi connectivity index (χ1n) is 7.60. The highest BCUT2D eigenvalue weighted by atomic mass is 19.3. The molecule has 126 valence electrons. The standard InChI is InChI=1S/C16H19F2NO4/c1-21-12-5-2-4-11(13(12)23-15(17)18)14(20)19-8-9-22-16(10-19)6-3-7-16/h2,4-5,15H,3,6-10H2,1H3. The van der Waals surface area contributed by atoms with Crippen LogP contribution in [0.15, 0.2) is 18.2 Å². The van der Waals surface area contributed by atoms with Gasteiger partial charge < -0.3 is 19.1 Å². The van der Waals surface area contributed by atoms with Crippen LogP contribution in [-0.4, -0.2) is 49.8 Å². The van der Waals surface area contributed by atoms with Gasteiger partial charge in [0.1, 0.15) is 0 Å². The number of halogens is 2. The number of benzene rings is 1. The summed E-state index contributed by atoms with van der Waals surface area (Å²) in [6.07, 6.45) is 2.94. The zero-order valence-corrected chi connectivity index (χ0v) is 12.9. The van der Waals surface area contributed by atoms with Crippen LogP contribution < -0.4 is 9.47 Å². The molecule has 2 fully saturated rings. The van der Waals surface area contributed by atoms with Gasteiger partial charge in [-0.15, -0.1) is 0 Å². The second-order valence-electron chi connectivity index (χ2n) is 5.83. The van der Waals surface area contributed by atoms with E-state index in [-0.39, 0.29) is 28.6 Å². The van der Waals surface area contributed by atoms with Crippen molar-refractivity contribution < 1.29 is 27.8 Å². The van der Waals surface area contributed by atoms with Crippen molar-refractivity contribution in [2.75, 3.05) is 26.8 Å². The Hall–Kier alpha value is -1.89. The Kier molecular flexibility index (Phi) is 4.39. The van der Waals surface area contributed by atoms with E-state index in [1.165, 1.54) is 19.2 Å². The minimum atomic E-state index is -3.03. The van der Waals surface area contributed by atoms with Gasteiger partial charge in [-0.1, -0.05) is 6.07 Å². The zero-order valence-electron chi connectivity index (χ0n) is 12.9. The Morgan fingerprint density at radius 2 is 2.17 bits per heavy atom. The number of methoxy groups -OCH3 is 1. The average molecular weight is 327 g/mol. The number of para-hydroxylation sites is 1. The highest BCUT2D eigenvalue weighted by Gasteiger charge is 2.43. The molecular weight excluding hydrogens is 308 g/mol. The quantitative estimate of drug-likeness (QED) is 0.853. The summed E-state index contributed by atoms with van der Waals surface area (Å²) in [4.78, 5) is 14.4. The number of morpholine rings is 1. The summed E-state index contributed by atoms with van der Waals surface area (Å²) in [5.41, 5.74) is -0.169. The molecule has 1 aromatic carbocycles. The van der Waals surface area contributed by atoms with E-state index < -0.39 is 6.61 Å². The molecule has 0 N–H and O–H groups in total. The van der Waals surface area contributed by atoms with Crippen molar-refractivity contribution in [3.05, 3.63) is 23.8 Å². The van der Waals surface area contributed by atoms with Gasteiger partial charge >= 0.3 is 6.61 Å². The van der Waals surface area contributed by atoms with E-state index >= 15 is 0 Å². The summed E-state index contributed by atoms with van der Waals surface area (Å²) in [5, 5.41) is 0. The molecule has 1 spiro atoms.